The van der Waals surface area contributed by atoms with Gasteiger partial charge in [-0.05, 0) is 49.4 Å². The number of nitrogens with one attached hydrogen (secondary N) is 1. The molecule has 3 heterocycles. The molecule has 33 heavy (non-hydrogen) atoms. The molecule has 2 aromatic heterocycles. The smallest absolute Gasteiger partial charge is 0.352 e. The van der Waals surface area contributed by atoms with Gasteiger partial charge in [0.05, 0.1) is 10.5 Å². The van der Waals surface area contributed by atoms with Crippen LogP contribution < -0.4 is 10.2 Å². The largest absolute Gasteiger partial charge is 0.416 e. The monoisotopic (exact) mass is 478 g/mol. The number of benzene rings is 1. The predicted octanol–water partition coefficient (Wildman–Crippen LogP) is 3.45. The third kappa shape index (κ3) is 5.22. The number of alkyl halides is 3. The molecule has 1 aromatic carbocycles. The van der Waals surface area contributed by atoms with Crippen molar-refractivity contribution in [2.24, 2.45) is 0 Å². The Kier molecular flexibility index (Phi) is 6.21. The Balaban J connectivity index is 1.40. The van der Waals surface area contributed by atoms with Gasteiger partial charge in [-0.25, -0.2) is 13.4 Å². The van der Waals surface area contributed by atoms with Gasteiger partial charge in [-0.15, -0.1) is 10.2 Å². The van der Waals surface area contributed by atoms with E-state index < -0.39 is 21.8 Å². The van der Waals surface area contributed by atoms with E-state index in [9.17, 15) is 21.6 Å². The van der Waals surface area contributed by atoms with Crippen LogP contribution in [0.25, 0.3) is 0 Å². The van der Waals surface area contributed by atoms with Crippen LogP contribution in [0.5, 0.6) is 0 Å². The lowest BCUT2D eigenvalue weighted by Crippen LogP contribution is -2.49. The highest BCUT2D eigenvalue weighted by Crippen LogP contribution is 2.31. The fourth-order valence-electron chi connectivity index (χ4n) is 3.44. The SMILES string of the molecule is Cc1cccc(Nc2ccc(N3CCN(S(=O)(=O)c4cccc(C(F)(F)F)c4)CC3)nn2)n1. The molecule has 1 saturated heterocycles. The topological polar surface area (TPSA) is 91.3 Å². The summed E-state index contributed by atoms with van der Waals surface area (Å²) in [5, 5.41) is 11.4. The van der Waals surface area contributed by atoms with Crippen molar-refractivity contribution in [3.05, 3.63) is 65.9 Å². The fraction of sp³-hybridized carbons (Fsp3) is 0.286. The van der Waals surface area contributed by atoms with E-state index in [1.165, 1.54) is 10.4 Å². The van der Waals surface area contributed by atoms with E-state index >= 15 is 0 Å². The summed E-state index contributed by atoms with van der Waals surface area (Å²) < 4.78 is 65.8. The molecule has 1 aliphatic heterocycles. The molecule has 1 N–H and O–H groups in total. The molecule has 0 amide bonds. The zero-order chi connectivity index (χ0) is 23.6. The predicted molar refractivity (Wildman–Crippen MR) is 117 cm³/mol. The van der Waals surface area contributed by atoms with Crippen LogP contribution in [0.1, 0.15) is 11.3 Å². The summed E-state index contributed by atoms with van der Waals surface area (Å²) in [6, 6.07) is 12.9. The second-order valence-corrected chi connectivity index (χ2v) is 9.42. The fourth-order valence-corrected chi connectivity index (χ4v) is 4.91. The number of pyridine rings is 1. The van der Waals surface area contributed by atoms with Crippen LogP contribution >= 0.6 is 0 Å². The van der Waals surface area contributed by atoms with Crippen LogP contribution in [0, 0.1) is 6.92 Å². The van der Waals surface area contributed by atoms with Gasteiger partial charge < -0.3 is 10.2 Å². The number of hydrogen-bond donors (Lipinski definition) is 1. The number of piperazine rings is 1. The van der Waals surface area contributed by atoms with Gasteiger partial charge in [-0.3, -0.25) is 0 Å². The van der Waals surface area contributed by atoms with Gasteiger partial charge in [0, 0.05) is 31.9 Å². The van der Waals surface area contributed by atoms with Gasteiger partial charge in [0.2, 0.25) is 10.0 Å². The molecule has 0 aliphatic carbocycles. The van der Waals surface area contributed by atoms with Crippen LogP contribution in [-0.2, 0) is 16.2 Å². The van der Waals surface area contributed by atoms with Gasteiger partial charge in [0.1, 0.15) is 5.82 Å². The van der Waals surface area contributed by atoms with Gasteiger partial charge in [-0.1, -0.05) is 12.1 Å². The number of sulfonamides is 1. The minimum absolute atomic E-state index is 0.119. The summed E-state index contributed by atoms with van der Waals surface area (Å²) in [6.45, 7) is 2.78. The van der Waals surface area contributed by atoms with Crippen molar-refractivity contribution in [2.75, 3.05) is 36.4 Å². The lowest BCUT2D eigenvalue weighted by atomic mass is 10.2. The minimum atomic E-state index is -4.61. The molecular weight excluding hydrogens is 457 g/mol. The molecule has 0 radical (unpaired) electrons. The first kappa shape index (κ1) is 22.9. The molecule has 0 saturated carbocycles. The third-order valence-corrected chi connectivity index (χ3v) is 7.05. The first-order chi connectivity index (χ1) is 15.6. The summed E-state index contributed by atoms with van der Waals surface area (Å²) >= 11 is 0. The molecule has 8 nitrogen and oxygen atoms in total. The van der Waals surface area contributed by atoms with Crippen molar-refractivity contribution < 1.29 is 21.6 Å². The summed E-state index contributed by atoms with van der Waals surface area (Å²) in [6.07, 6.45) is -4.61. The minimum Gasteiger partial charge on any atom is -0.352 e. The van der Waals surface area contributed by atoms with Gasteiger partial charge in [0.15, 0.2) is 11.6 Å². The molecule has 0 spiro atoms. The summed E-state index contributed by atoms with van der Waals surface area (Å²) in [4.78, 5) is 5.85. The maximum atomic E-state index is 13.0. The Morgan fingerprint density at radius 3 is 2.27 bits per heavy atom. The number of nitrogens with zero attached hydrogens (tertiary/aromatic N) is 5. The van der Waals surface area contributed by atoms with Crippen LogP contribution in [0.15, 0.2) is 59.5 Å². The first-order valence-corrected chi connectivity index (χ1v) is 11.5. The highest BCUT2D eigenvalue weighted by atomic mass is 32.2. The van der Waals surface area contributed by atoms with Gasteiger partial charge in [-0.2, -0.15) is 17.5 Å². The molecule has 0 unspecified atom stereocenters. The molecule has 1 aliphatic rings. The van der Waals surface area contributed by atoms with E-state index in [0.29, 0.717) is 36.6 Å². The standard InChI is InChI=1S/C21H21F3N6O2S/c1-15-4-2-7-18(25-15)26-19-8-9-20(28-27-19)29-10-12-30(13-11-29)33(31,32)17-6-3-5-16(14-17)21(22,23)24/h2-9,14H,10-13H2,1H3,(H,25,26,27). The van der Waals surface area contributed by atoms with Gasteiger partial charge in [0.25, 0.3) is 0 Å². The van der Waals surface area contributed by atoms with E-state index in [1.807, 2.05) is 30.0 Å². The molecule has 4 rings (SSSR count). The third-order valence-electron chi connectivity index (χ3n) is 5.16. The maximum Gasteiger partial charge on any atom is 0.416 e. The number of aromatic nitrogens is 3. The van der Waals surface area contributed by atoms with Crippen LogP contribution in [0.2, 0.25) is 0 Å². The Hall–Kier alpha value is -3.25. The lowest BCUT2D eigenvalue weighted by molar-refractivity contribution is -0.137. The van der Waals surface area contributed by atoms with Crippen LogP contribution in [0.3, 0.4) is 0 Å². The molecule has 12 heteroatoms. The number of aryl methyl sites for hydroxylation is 1. The molecule has 0 bridgehead atoms. The zero-order valence-corrected chi connectivity index (χ0v) is 18.4. The van der Waals surface area contributed by atoms with E-state index in [1.54, 1.807) is 12.1 Å². The normalized spacial score (nSPS) is 15.5. The quantitative estimate of drug-likeness (QED) is 0.601. The van der Waals surface area contributed by atoms with Crippen molar-refractivity contribution in [1.82, 2.24) is 19.5 Å². The number of hydrogen-bond acceptors (Lipinski definition) is 7. The second kappa shape index (κ2) is 8.94. The van der Waals surface area contributed by atoms with Crippen LogP contribution in [0.4, 0.5) is 30.6 Å². The van der Waals surface area contributed by atoms with E-state index in [4.69, 9.17) is 0 Å². The molecular formula is C21H21F3N6O2S. The van der Waals surface area contributed by atoms with E-state index in [0.717, 1.165) is 17.8 Å². The van der Waals surface area contributed by atoms with Crippen molar-refractivity contribution in [1.29, 1.82) is 0 Å². The van der Waals surface area contributed by atoms with E-state index in [2.05, 4.69) is 20.5 Å². The average Bonchev–Trinajstić information content (AvgIpc) is 2.79. The lowest BCUT2D eigenvalue weighted by Gasteiger charge is -2.34. The molecule has 174 valence electrons. The van der Waals surface area contributed by atoms with Gasteiger partial charge >= 0.3 is 6.18 Å². The van der Waals surface area contributed by atoms with E-state index in [-0.39, 0.29) is 18.0 Å². The number of rotatable bonds is 5. The average molecular weight is 479 g/mol. The van der Waals surface area contributed by atoms with Crippen molar-refractivity contribution in [2.45, 2.75) is 18.0 Å². The highest BCUT2D eigenvalue weighted by Gasteiger charge is 2.34. The molecule has 1 fully saturated rings. The van der Waals surface area contributed by atoms with Crippen LogP contribution in [-0.4, -0.2) is 54.1 Å². The first-order valence-electron chi connectivity index (χ1n) is 10.1. The number of halogens is 3. The second-order valence-electron chi connectivity index (χ2n) is 7.48. The Labute approximate surface area is 189 Å². The van der Waals surface area contributed by atoms with Crippen molar-refractivity contribution >= 4 is 27.5 Å². The summed E-state index contributed by atoms with van der Waals surface area (Å²) in [5.74, 6) is 1.74. The Morgan fingerprint density at radius 1 is 0.909 bits per heavy atom. The Morgan fingerprint density at radius 2 is 1.64 bits per heavy atom. The Bertz CT molecular complexity index is 1230. The van der Waals surface area contributed by atoms with Crippen molar-refractivity contribution in [3.8, 4) is 0 Å². The maximum absolute atomic E-state index is 13.0. The summed E-state index contributed by atoms with van der Waals surface area (Å²) in [5.41, 5.74) is -0.130. The molecule has 0 atom stereocenters. The summed E-state index contributed by atoms with van der Waals surface area (Å²) in [7, 11) is -4.04. The van der Waals surface area contributed by atoms with Crippen molar-refractivity contribution in [3.63, 3.8) is 0 Å². The molecule has 3 aromatic rings. The highest BCUT2D eigenvalue weighted by molar-refractivity contribution is 7.89. The number of anilines is 3. The zero-order valence-electron chi connectivity index (χ0n) is 17.6.